The van der Waals surface area contributed by atoms with Gasteiger partial charge in [0.25, 0.3) is 5.91 Å². The van der Waals surface area contributed by atoms with Gasteiger partial charge in [0, 0.05) is 9.79 Å². The maximum atomic E-state index is 12.8. The summed E-state index contributed by atoms with van der Waals surface area (Å²) < 4.78 is 7.53. The molecular weight excluding hydrogens is 418 g/mol. The van der Waals surface area contributed by atoms with Crippen LogP contribution in [0, 0.1) is 13.8 Å². The number of benzene rings is 2. The number of anilines is 1. The van der Waals surface area contributed by atoms with Gasteiger partial charge in [-0.3, -0.25) is 9.48 Å². The highest BCUT2D eigenvalue weighted by atomic mass is 35.5. The zero-order chi connectivity index (χ0) is 21.1. The molecule has 2 heterocycles. The summed E-state index contributed by atoms with van der Waals surface area (Å²) in [6.07, 6.45) is 0. The summed E-state index contributed by atoms with van der Waals surface area (Å²) in [7, 11) is 0. The number of aryl methyl sites for hydroxylation is 1. The summed E-state index contributed by atoms with van der Waals surface area (Å²) >= 11 is 7.80. The SMILES string of the molecule is Cc1nn(Cc2ccc(C(=O)Nc3ccccc3Sc3ccccc3)o2)c(C)c1Cl. The van der Waals surface area contributed by atoms with E-state index >= 15 is 0 Å². The van der Waals surface area contributed by atoms with E-state index in [0.29, 0.717) is 17.3 Å². The number of para-hydroxylation sites is 1. The summed E-state index contributed by atoms with van der Waals surface area (Å²) in [5, 5.41) is 8.00. The molecule has 0 fully saturated rings. The Labute approximate surface area is 184 Å². The molecule has 0 saturated heterocycles. The van der Waals surface area contributed by atoms with Gasteiger partial charge in [0.15, 0.2) is 5.76 Å². The molecule has 4 rings (SSSR count). The minimum atomic E-state index is -0.297. The van der Waals surface area contributed by atoms with E-state index in [1.165, 1.54) is 0 Å². The number of hydrogen-bond donors (Lipinski definition) is 1. The maximum absolute atomic E-state index is 12.8. The number of halogens is 1. The van der Waals surface area contributed by atoms with Crippen LogP contribution in [0.4, 0.5) is 5.69 Å². The summed E-state index contributed by atoms with van der Waals surface area (Å²) in [5.74, 6) is 0.584. The first-order valence-electron chi connectivity index (χ1n) is 9.43. The molecule has 0 bridgehead atoms. The number of nitrogens with zero attached hydrogens (tertiary/aromatic N) is 2. The molecule has 0 aliphatic rings. The molecule has 1 N–H and O–H groups in total. The number of carbonyl (C=O) groups is 1. The Morgan fingerprint density at radius 2 is 1.80 bits per heavy atom. The first-order chi connectivity index (χ1) is 14.5. The zero-order valence-electron chi connectivity index (χ0n) is 16.6. The Hall–Kier alpha value is -2.96. The third kappa shape index (κ3) is 4.45. The molecule has 2 aromatic carbocycles. The lowest BCUT2D eigenvalue weighted by Crippen LogP contribution is -2.11. The van der Waals surface area contributed by atoms with Crippen LogP contribution in [0.5, 0.6) is 0 Å². The molecule has 0 unspecified atom stereocenters. The van der Waals surface area contributed by atoms with Gasteiger partial charge in [0.2, 0.25) is 0 Å². The van der Waals surface area contributed by atoms with Gasteiger partial charge in [-0.1, -0.05) is 53.7 Å². The fourth-order valence-corrected chi connectivity index (χ4v) is 4.08. The molecule has 30 heavy (non-hydrogen) atoms. The quantitative estimate of drug-likeness (QED) is 0.390. The van der Waals surface area contributed by atoms with Crippen LogP contribution < -0.4 is 5.32 Å². The number of amides is 1. The molecule has 152 valence electrons. The summed E-state index contributed by atoms with van der Waals surface area (Å²) in [4.78, 5) is 14.8. The van der Waals surface area contributed by atoms with E-state index in [4.69, 9.17) is 16.0 Å². The van der Waals surface area contributed by atoms with E-state index in [0.717, 1.165) is 26.9 Å². The van der Waals surface area contributed by atoms with Crippen molar-refractivity contribution in [1.82, 2.24) is 9.78 Å². The Morgan fingerprint density at radius 1 is 1.07 bits per heavy atom. The summed E-state index contributed by atoms with van der Waals surface area (Å²) in [6.45, 7) is 4.17. The summed E-state index contributed by atoms with van der Waals surface area (Å²) in [6, 6.07) is 21.2. The lowest BCUT2D eigenvalue weighted by molar-refractivity contribution is 0.0994. The molecule has 0 spiro atoms. The van der Waals surface area contributed by atoms with Crippen molar-refractivity contribution in [2.24, 2.45) is 0 Å². The number of hydrogen-bond acceptors (Lipinski definition) is 4. The predicted molar refractivity (Wildman–Crippen MR) is 119 cm³/mol. The third-order valence-corrected chi connectivity index (χ3v) is 6.22. The Morgan fingerprint density at radius 3 is 2.53 bits per heavy atom. The lowest BCUT2D eigenvalue weighted by atomic mass is 10.3. The van der Waals surface area contributed by atoms with Crippen molar-refractivity contribution in [1.29, 1.82) is 0 Å². The number of nitrogens with one attached hydrogen (secondary N) is 1. The van der Waals surface area contributed by atoms with Gasteiger partial charge in [-0.15, -0.1) is 0 Å². The van der Waals surface area contributed by atoms with Crippen molar-refractivity contribution in [3.05, 3.63) is 94.7 Å². The molecule has 0 radical (unpaired) electrons. The zero-order valence-corrected chi connectivity index (χ0v) is 18.1. The van der Waals surface area contributed by atoms with E-state index in [9.17, 15) is 4.79 Å². The number of rotatable bonds is 6. The molecule has 0 aliphatic carbocycles. The second-order valence-corrected chi connectivity index (χ2v) is 8.27. The Kier molecular flexibility index (Phi) is 5.97. The fourth-order valence-electron chi connectivity index (χ4n) is 3.02. The molecule has 7 heteroatoms. The van der Waals surface area contributed by atoms with E-state index in [-0.39, 0.29) is 11.7 Å². The second kappa shape index (κ2) is 8.81. The number of carbonyl (C=O) groups excluding carboxylic acids is 1. The minimum Gasteiger partial charge on any atom is -0.454 e. The fraction of sp³-hybridized carbons (Fsp3) is 0.130. The van der Waals surface area contributed by atoms with Gasteiger partial charge in [0.1, 0.15) is 5.76 Å². The van der Waals surface area contributed by atoms with Crippen LogP contribution in [-0.2, 0) is 6.54 Å². The Balaban J connectivity index is 1.48. The van der Waals surface area contributed by atoms with E-state index in [1.807, 2.05) is 68.4 Å². The van der Waals surface area contributed by atoms with Crippen LogP contribution in [0.2, 0.25) is 5.02 Å². The predicted octanol–water partition coefficient (Wildman–Crippen LogP) is 6.20. The molecule has 0 saturated carbocycles. The topological polar surface area (TPSA) is 60.1 Å². The highest BCUT2D eigenvalue weighted by Gasteiger charge is 2.16. The lowest BCUT2D eigenvalue weighted by Gasteiger charge is -2.10. The Bertz CT molecular complexity index is 1180. The number of furan rings is 1. The van der Waals surface area contributed by atoms with Gasteiger partial charge >= 0.3 is 0 Å². The normalized spacial score (nSPS) is 10.9. The van der Waals surface area contributed by atoms with Crippen molar-refractivity contribution in [3.8, 4) is 0 Å². The largest absolute Gasteiger partial charge is 0.454 e. The molecule has 0 aliphatic heterocycles. The standard InChI is InChI=1S/C23H20ClN3O2S/c1-15-22(24)16(2)27(26-15)14-17-12-13-20(29-17)23(28)25-19-10-6-7-11-21(19)30-18-8-4-3-5-9-18/h3-13H,14H2,1-2H3,(H,25,28). The molecule has 5 nitrogen and oxygen atoms in total. The van der Waals surface area contributed by atoms with E-state index < -0.39 is 0 Å². The average Bonchev–Trinajstić information content (AvgIpc) is 3.31. The van der Waals surface area contributed by atoms with Crippen LogP contribution in [-0.4, -0.2) is 15.7 Å². The molecule has 0 atom stereocenters. The van der Waals surface area contributed by atoms with Gasteiger partial charge in [0.05, 0.1) is 28.6 Å². The van der Waals surface area contributed by atoms with Crippen LogP contribution in [0.15, 0.2) is 80.9 Å². The second-order valence-electron chi connectivity index (χ2n) is 6.77. The molecule has 2 aromatic heterocycles. The van der Waals surface area contributed by atoms with Gasteiger partial charge in [-0.25, -0.2) is 0 Å². The monoisotopic (exact) mass is 437 g/mol. The van der Waals surface area contributed by atoms with Crippen molar-refractivity contribution < 1.29 is 9.21 Å². The van der Waals surface area contributed by atoms with E-state index in [2.05, 4.69) is 10.4 Å². The highest BCUT2D eigenvalue weighted by molar-refractivity contribution is 7.99. The van der Waals surface area contributed by atoms with Crippen LogP contribution >= 0.6 is 23.4 Å². The highest BCUT2D eigenvalue weighted by Crippen LogP contribution is 2.33. The van der Waals surface area contributed by atoms with Gasteiger partial charge < -0.3 is 9.73 Å². The van der Waals surface area contributed by atoms with Crippen molar-refractivity contribution >= 4 is 35.0 Å². The van der Waals surface area contributed by atoms with Gasteiger partial charge in [-0.2, -0.15) is 5.10 Å². The maximum Gasteiger partial charge on any atom is 0.291 e. The average molecular weight is 438 g/mol. The first-order valence-corrected chi connectivity index (χ1v) is 10.6. The third-order valence-electron chi connectivity index (χ3n) is 4.59. The van der Waals surface area contributed by atoms with Crippen LogP contribution in [0.3, 0.4) is 0 Å². The van der Waals surface area contributed by atoms with E-state index in [1.54, 1.807) is 28.6 Å². The van der Waals surface area contributed by atoms with Crippen molar-refractivity contribution in [2.75, 3.05) is 5.32 Å². The molecule has 4 aromatic rings. The summed E-state index contributed by atoms with van der Waals surface area (Å²) in [5.41, 5.74) is 2.37. The van der Waals surface area contributed by atoms with Crippen molar-refractivity contribution in [2.45, 2.75) is 30.2 Å². The smallest absolute Gasteiger partial charge is 0.291 e. The van der Waals surface area contributed by atoms with Crippen LogP contribution in [0.1, 0.15) is 27.7 Å². The van der Waals surface area contributed by atoms with Crippen molar-refractivity contribution in [3.63, 3.8) is 0 Å². The molecule has 1 amide bonds. The first kappa shape index (κ1) is 20.3. The molecular formula is C23H20ClN3O2S. The van der Waals surface area contributed by atoms with Gasteiger partial charge in [-0.05, 0) is 50.2 Å². The minimum absolute atomic E-state index is 0.247. The van der Waals surface area contributed by atoms with Crippen LogP contribution in [0.25, 0.3) is 0 Å². The number of aromatic nitrogens is 2.